The van der Waals surface area contributed by atoms with Crippen LogP contribution in [0.15, 0.2) is 48.5 Å². The minimum Gasteiger partial charge on any atom is -0.453 e. The first-order chi connectivity index (χ1) is 16.4. The molecule has 0 unspecified atom stereocenters. The molecule has 0 amide bonds. The fraction of sp³-hybridized carbons (Fsp3) is 0.357. The molecule has 34 heavy (non-hydrogen) atoms. The lowest BCUT2D eigenvalue weighted by molar-refractivity contribution is 0.304. The van der Waals surface area contributed by atoms with E-state index in [1.54, 1.807) is 0 Å². The van der Waals surface area contributed by atoms with Gasteiger partial charge in [-0.2, -0.15) is 4.39 Å². The Hall–Kier alpha value is -2.89. The highest BCUT2D eigenvalue weighted by Gasteiger charge is 2.23. The first kappa shape index (κ1) is 24.2. The molecule has 0 heterocycles. The number of halogens is 5. The molecule has 1 aliphatic carbocycles. The van der Waals surface area contributed by atoms with Crippen LogP contribution < -0.4 is 4.74 Å². The SMILES string of the molecule is CCCCC1CCC(c2ccc(-c3ccc(F)c(F)c3Oc3cc(F)c(F)c(F)c3)cc2)CC1. The van der Waals surface area contributed by atoms with Gasteiger partial charge in [-0.05, 0) is 60.8 Å². The molecule has 1 saturated carbocycles. The maximum Gasteiger partial charge on any atom is 0.201 e. The molecule has 3 aromatic rings. The second-order valence-corrected chi connectivity index (χ2v) is 9.02. The van der Waals surface area contributed by atoms with Crippen LogP contribution in [0.3, 0.4) is 0 Å². The average Bonchev–Trinajstić information content (AvgIpc) is 2.85. The van der Waals surface area contributed by atoms with Gasteiger partial charge in [0, 0.05) is 17.7 Å². The summed E-state index contributed by atoms with van der Waals surface area (Å²) in [6.07, 6.45) is 8.51. The minimum atomic E-state index is -1.66. The third-order valence-corrected chi connectivity index (χ3v) is 6.73. The number of hydrogen-bond donors (Lipinski definition) is 0. The van der Waals surface area contributed by atoms with Gasteiger partial charge in [0.2, 0.25) is 5.82 Å². The molecule has 0 N–H and O–H groups in total. The highest BCUT2D eigenvalue weighted by molar-refractivity contribution is 5.71. The van der Waals surface area contributed by atoms with E-state index >= 15 is 0 Å². The van der Waals surface area contributed by atoms with Crippen LogP contribution in [0.4, 0.5) is 22.0 Å². The summed E-state index contributed by atoms with van der Waals surface area (Å²) in [6.45, 7) is 2.22. The highest BCUT2D eigenvalue weighted by atomic mass is 19.2. The number of ether oxygens (including phenoxy) is 1. The lowest BCUT2D eigenvalue weighted by Crippen LogP contribution is -2.13. The Morgan fingerprint density at radius 3 is 2.03 bits per heavy atom. The Labute approximate surface area is 196 Å². The van der Waals surface area contributed by atoms with Gasteiger partial charge in [0.25, 0.3) is 0 Å². The van der Waals surface area contributed by atoms with Crippen molar-refractivity contribution in [1.29, 1.82) is 0 Å². The van der Waals surface area contributed by atoms with Crippen molar-refractivity contribution in [2.75, 3.05) is 0 Å². The molecular formula is C28H27F5O. The Balaban J connectivity index is 1.56. The van der Waals surface area contributed by atoms with Crippen LogP contribution in [-0.4, -0.2) is 0 Å². The van der Waals surface area contributed by atoms with Crippen LogP contribution in [0.1, 0.15) is 63.4 Å². The smallest absolute Gasteiger partial charge is 0.201 e. The normalized spacial score (nSPS) is 18.2. The van der Waals surface area contributed by atoms with Gasteiger partial charge in [0.15, 0.2) is 29.0 Å². The Kier molecular flexibility index (Phi) is 7.54. The van der Waals surface area contributed by atoms with Crippen LogP contribution in [0.5, 0.6) is 11.5 Å². The van der Waals surface area contributed by atoms with Crippen LogP contribution in [0.2, 0.25) is 0 Å². The number of hydrogen-bond acceptors (Lipinski definition) is 1. The van der Waals surface area contributed by atoms with Crippen LogP contribution in [0.25, 0.3) is 11.1 Å². The third-order valence-electron chi connectivity index (χ3n) is 6.73. The molecule has 0 saturated heterocycles. The average molecular weight is 475 g/mol. The Bertz CT molecular complexity index is 1110. The molecule has 3 aromatic carbocycles. The summed E-state index contributed by atoms with van der Waals surface area (Å²) in [5.74, 6) is -6.81. The number of unbranched alkanes of at least 4 members (excludes halogenated alkanes) is 1. The highest BCUT2D eigenvalue weighted by Crippen LogP contribution is 2.40. The van der Waals surface area contributed by atoms with Crippen molar-refractivity contribution in [2.24, 2.45) is 5.92 Å². The molecule has 0 bridgehead atoms. The van der Waals surface area contributed by atoms with E-state index in [4.69, 9.17) is 4.74 Å². The summed E-state index contributed by atoms with van der Waals surface area (Å²) in [6, 6.07) is 11.1. The molecule has 1 fully saturated rings. The second-order valence-electron chi connectivity index (χ2n) is 9.02. The van der Waals surface area contributed by atoms with Gasteiger partial charge >= 0.3 is 0 Å². The fourth-order valence-corrected chi connectivity index (χ4v) is 4.78. The molecule has 0 atom stereocenters. The van der Waals surface area contributed by atoms with E-state index in [1.807, 2.05) is 24.3 Å². The van der Waals surface area contributed by atoms with E-state index < -0.39 is 40.6 Å². The van der Waals surface area contributed by atoms with Crippen molar-refractivity contribution in [3.63, 3.8) is 0 Å². The summed E-state index contributed by atoms with van der Waals surface area (Å²) in [7, 11) is 0. The molecule has 0 radical (unpaired) electrons. The predicted octanol–water partition coefficient (Wildman–Crippen LogP) is 9.31. The molecule has 4 rings (SSSR count). The van der Waals surface area contributed by atoms with E-state index in [0.29, 0.717) is 23.6 Å². The summed E-state index contributed by atoms with van der Waals surface area (Å²) in [4.78, 5) is 0. The van der Waals surface area contributed by atoms with Gasteiger partial charge in [-0.3, -0.25) is 0 Å². The lowest BCUT2D eigenvalue weighted by atomic mass is 9.77. The molecular weight excluding hydrogens is 447 g/mol. The van der Waals surface area contributed by atoms with Gasteiger partial charge in [-0.1, -0.05) is 50.5 Å². The largest absolute Gasteiger partial charge is 0.453 e. The van der Waals surface area contributed by atoms with Gasteiger partial charge < -0.3 is 4.74 Å². The van der Waals surface area contributed by atoms with Crippen LogP contribution >= 0.6 is 0 Å². The van der Waals surface area contributed by atoms with Gasteiger partial charge in [0.1, 0.15) is 5.75 Å². The van der Waals surface area contributed by atoms with Crippen molar-refractivity contribution in [3.8, 4) is 22.6 Å². The first-order valence-electron chi connectivity index (χ1n) is 11.8. The standard InChI is InChI=1S/C28H27F5O/c1-2-3-4-17-5-7-18(8-6-17)19-9-11-20(12-10-19)22-13-14-23(29)27(33)28(22)34-21-15-24(30)26(32)25(31)16-21/h9-18H,2-8H2,1H3. The molecule has 180 valence electrons. The maximum absolute atomic E-state index is 14.6. The molecule has 1 aliphatic rings. The number of rotatable bonds is 7. The minimum absolute atomic E-state index is 0.221. The van der Waals surface area contributed by atoms with E-state index in [0.717, 1.165) is 24.8 Å². The molecule has 1 nitrogen and oxygen atoms in total. The third kappa shape index (κ3) is 5.26. The first-order valence-corrected chi connectivity index (χ1v) is 11.8. The van der Waals surface area contributed by atoms with Crippen molar-refractivity contribution in [3.05, 3.63) is 83.2 Å². The summed E-state index contributed by atoms with van der Waals surface area (Å²) < 4.78 is 74.4. The summed E-state index contributed by atoms with van der Waals surface area (Å²) in [5, 5.41) is 0. The van der Waals surface area contributed by atoms with E-state index in [-0.39, 0.29) is 5.56 Å². The van der Waals surface area contributed by atoms with Crippen LogP contribution in [-0.2, 0) is 0 Å². The zero-order chi connectivity index (χ0) is 24.2. The zero-order valence-electron chi connectivity index (χ0n) is 19.0. The molecule has 6 heteroatoms. The van der Waals surface area contributed by atoms with E-state index in [1.165, 1.54) is 43.7 Å². The van der Waals surface area contributed by atoms with Gasteiger partial charge in [0.05, 0.1) is 0 Å². The molecule has 0 aliphatic heterocycles. The summed E-state index contributed by atoms with van der Waals surface area (Å²) in [5.41, 5.74) is 1.99. The quantitative estimate of drug-likeness (QED) is 0.245. The van der Waals surface area contributed by atoms with E-state index in [2.05, 4.69) is 6.92 Å². The monoisotopic (exact) mass is 474 g/mol. The number of benzene rings is 3. The van der Waals surface area contributed by atoms with Gasteiger partial charge in [-0.15, -0.1) is 0 Å². The Morgan fingerprint density at radius 2 is 1.41 bits per heavy atom. The van der Waals surface area contributed by atoms with E-state index in [9.17, 15) is 22.0 Å². The van der Waals surface area contributed by atoms with Gasteiger partial charge in [-0.25, -0.2) is 17.6 Å². The van der Waals surface area contributed by atoms with Crippen molar-refractivity contribution >= 4 is 0 Å². The maximum atomic E-state index is 14.6. The lowest BCUT2D eigenvalue weighted by Gasteiger charge is -2.29. The topological polar surface area (TPSA) is 9.23 Å². The van der Waals surface area contributed by atoms with Crippen molar-refractivity contribution in [2.45, 2.75) is 57.8 Å². The summed E-state index contributed by atoms with van der Waals surface area (Å²) >= 11 is 0. The second kappa shape index (κ2) is 10.6. The predicted molar refractivity (Wildman–Crippen MR) is 122 cm³/mol. The van der Waals surface area contributed by atoms with Crippen LogP contribution in [0, 0.1) is 35.0 Å². The van der Waals surface area contributed by atoms with Crippen molar-refractivity contribution < 1.29 is 26.7 Å². The van der Waals surface area contributed by atoms with Crippen molar-refractivity contribution in [1.82, 2.24) is 0 Å². The molecule has 0 aromatic heterocycles. The fourth-order valence-electron chi connectivity index (χ4n) is 4.78. The molecule has 0 spiro atoms. The zero-order valence-corrected chi connectivity index (χ0v) is 19.0. The Morgan fingerprint density at radius 1 is 0.765 bits per heavy atom.